The van der Waals surface area contributed by atoms with Gasteiger partial charge >= 0.3 is 0 Å². The molecule has 4 nitrogen and oxygen atoms in total. The van der Waals surface area contributed by atoms with Crippen LogP contribution in [-0.2, 0) is 17.8 Å². The number of rotatable bonds is 5. The number of hydrogen-bond acceptors (Lipinski definition) is 3. The number of nitrogens with one attached hydrogen (secondary N) is 2. The van der Waals surface area contributed by atoms with Crippen LogP contribution < -0.4 is 15.4 Å². The largest absolute Gasteiger partial charge is 0.493 e. The van der Waals surface area contributed by atoms with E-state index in [4.69, 9.17) is 4.74 Å². The van der Waals surface area contributed by atoms with Crippen LogP contribution >= 0.6 is 12.4 Å². The Balaban J connectivity index is 0.00000225. The molecule has 134 valence electrons. The Labute approximate surface area is 151 Å². The third-order valence-corrected chi connectivity index (χ3v) is 3.89. The summed E-state index contributed by atoms with van der Waals surface area (Å²) in [6.07, 6.45) is 0.689. The first-order valence-electron chi connectivity index (χ1n) is 7.82. The normalized spacial score (nSPS) is 12.7. The fraction of sp³-hybridized carbons (Fsp3) is 0.278. The van der Waals surface area contributed by atoms with Gasteiger partial charge in [0.15, 0.2) is 0 Å². The van der Waals surface area contributed by atoms with Crippen LogP contribution in [0.2, 0.25) is 0 Å². The standard InChI is InChI=1S/C18H18F2N2O2.ClH/c19-13-2-4-14(5-3-13)24-10-8-17(23)22-16-6-1-12-11-21-9-7-15(12)18(16)20;/h1-6,21H,7-11H2,(H,22,23);1H. The number of carbonyl (C=O) groups is 1. The molecule has 0 atom stereocenters. The highest BCUT2D eigenvalue weighted by Gasteiger charge is 2.17. The number of carbonyl (C=O) groups excluding carboxylic acids is 1. The smallest absolute Gasteiger partial charge is 0.227 e. The number of amides is 1. The van der Waals surface area contributed by atoms with Crippen LogP contribution in [0.15, 0.2) is 36.4 Å². The van der Waals surface area contributed by atoms with Crippen molar-refractivity contribution in [1.29, 1.82) is 0 Å². The first-order chi connectivity index (χ1) is 11.6. The molecule has 0 unspecified atom stereocenters. The van der Waals surface area contributed by atoms with Gasteiger partial charge in [-0.05, 0) is 54.4 Å². The maximum Gasteiger partial charge on any atom is 0.227 e. The van der Waals surface area contributed by atoms with Gasteiger partial charge in [0.2, 0.25) is 5.91 Å². The molecule has 0 bridgehead atoms. The molecule has 0 aliphatic carbocycles. The van der Waals surface area contributed by atoms with Gasteiger partial charge in [-0.2, -0.15) is 0 Å². The van der Waals surface area contributed by atoms with Crippen molar-refractivity contribution in [2.45, 2.75) is 19.4 Å². The number of hydrogen-bond donors (Lipinski definition) is 2. The number of halogens is 3. The van der Waals surface area contributed by atoms with Crippen molar-refractivity contribution in [2.75, 3.05) is 18.5 Å². The molecule has 0 saturated carbocycles. The maximum absolute atomic E-state index is 14.4. The zero-order valence-corrected chi connectivity index (χ0v) is 14.3. The van der Waals surface area contributed by atoms with Crippen LogP contribution in [0.3, 0.4) is 0 Å². The first kappa shape index (κ1) is 19.1. The van der Waals surface area contributed by atoms with Crippen molar-refractivity contribution >= 4 is 24.0 Å². The maximum atomic E-state index is 14.4. The molecule has 2 aromatic carbocycles. The van der Waals surface area contributed by atoms with Crippen molar-refractivity contribution in [2.24, 2.45) is 0 Å². The number of ether oxygens (including phenoxy) is 1. The first-order valence-corrected chi connectivity index (χ1v) is 7.82. The molecule has 2 N–H and O–H groups in total. The molecular formula is C18H19ClF2N2O2. The summed E-state index contributed by atoms with van der Waals surface area (Å²) in [5.74, 6) is -0.554. The van der Waals surface area contributed by atoms with Crippen LogP contribution in [-0.4, -0.2) is 19.1 Å². The summed E-state index contributed by atoms with van der Waals surface area (Å²) >= 11 is 0. The number of benzene rings is 2. The van der Waals surface area contributed by atoms with Crippen LogP contribution in [0.5, 0.6) is 5.75 Å². The second kappa shape index (κ2) is 8.78. The minimum Gasteiger partial charge on any atom is -0.493 e. The summed E-state index contributed by atoms with van der Waals surface area (Å²) in [7, 11) is 0. The molecule has 0 saturated heterocycles. The summed E-state index contributed by atoms with van der Waals surface area (Å²) in [6, 6.07) is 8.96. The van der Waals surface area contributed by atoms with E-state index in [9.17, 15) is 13.6 Å². The van der Waals surface area contributed by atoms with E-state index in [1.165, 1.54) is 24.3 Å². The lowest BCUT2D eigenvalue weighted by Gasteiger charge is -2.19. The lowest BCUT2D eigenvalue weighted by atomic mass is 9.99. The third kappa shape index (κ3) is 4.90. The van der Waals surface area contributed by atoms with E-state index >= 15 is 0 Å². The molecule has 0 radical (unpaired) electrons. The third-order valence-electron chi connectivity index (χ3n) is 3.89. The fourth-order valence-electron chi connectivity index (χ4n) is 2.64. The van der Waals surface area contributed by atoms with E-state index in [-0.39, 0.29) is 48.7 Å². The highest BCUT2D eigenvalue weighted by Crippen LogP contribution is 2.24. The van der Waals surface area contributed by atoms with Gasteiger partial charge in [-0.15, -0.1) is 12.4 Å². The van der Waals surface area contributed by atoms with Gasteiger partial charge in [0, 0.05) is 6.54 Å². The average Bonchev–Trinajstić information content (AvgIpc) is 2.59. The van der Waals surface area contributed by atoms with E-state index in [1.54, 1.807) is 6.07 Å². The van der Waals surface area contributed by atoms with E-state index in [0.717, 1.165) is 12.1 Å². The molecule has 1 aliphatic rings. The van der Waals surface area contributed by atoms with Crippen molar-refractivity contribution in [3.8, 4) is 5.75 Å². The summed E-state index contributed by atoms with van der Waals surface area (Å²) in [5.41, 5.74) is 1.79. The SMILES string of the molecule is Cl.O=C(CCOc1ccc(F)cc1)Nc1ccc2c(c1F)CCNC2. The van der Waals surface area contributed by atoms with Gasteiger partial charge in [-0.1, -0.05) is 6.07 Å². The van der Waals surface area contributed by atoms with Gasteiger partial charge in [-0.25, -0.2) is 8.78 Å². The van der Waals surface area contributed by atoms with Crippen LogP contribution in [0.1, 0.15) is 17.5 Å². The average molecular weight is 369 g/mol. The van der Waals surface area contributed by atoms with Gasteiger partial charge in [0.25, 0.3) is 0 Å². The molecule has 1 amide bonds. The van der Waals surface area contributed by atoms with Crippen molar-refractivity contribution in [1.82, 2.24) is 5.32 Å². The van der Waals surface area contributed by atoms with Gasteiger partial charge < -0.3 is 15.4 Å². The predicted molar refractivity (Wildman–Crippen MR) is 94.2 cm³/mol. The second-order valence-electron chi connectivity index (χ2n) is 5.59. The fourth-order valence-corrected chi connectivity index (χ4v) is 2.64. The van der Waals surface area contributed by atoms with Crippen LogP contribution in [0.4, 0.5) is 14.5 Å². The molecule has 3 rings (SSSR count). The Morgan fingerprint density at radius 1 is 1.16 bits per heavy atom. The minimum absolute atomic E-state index is 0. The Morgan fingerprint density at radius 3 is 2.68 bits per heavy atom. The zero-order valence-electron chi connectivity index (χ0n) is 13.5. The van der Waals surface area contributed by atoms with Crippen LogP contribution in [0, 0.1) is 11.6 Å². The van der Waals surface area contributed by atoms with E-state index < -0.39 is 0 Å². The number of anilines is 1. The molecule has 0 aromatic heterocycles. The quantitative estimate of drug-likeness (QED) is 0.850. The molecule has 25 heavy (non-hydrogen) atoms. The Hall–Kier alpha value is -2.18. The van der Waals surface area contributed by atoms with E-state index in [0.29, 0.717) is 24.3 Å². The van der Waals surface area contributed by atoms with Crippen molar-refractivity contribution in [3.63, 3.8) is 0 Å². The van der Waals surface area contributed by atoms with Gasteiger partial charge in [-0.3, -0.25) is 4.79 Å². The monoisotopic (exact) mass is 368 g/mol. The van der Waals surface area contributed by atoms with Crippen molar-refractivity contribution in [3.05, 3.63) is 59.2 Å². The van der Waals surface area contributed by atoms with E-state index in [1.807, 2.05) is 6.07 Å². The molecule has 0 spiro atoms. The lowest BCUT2D eigenvalue weighted by Crippen LogP contribution is -2.25. The van der Waals surface area contributed by atoms with Crippen LogP contribution in [0.25, 0.3) is 0 Å². The lowest BCUT2D eigenvalue weighted by molar-refractivity contribution is -0.116. The highest BCUT2D eigenvalue weighted by atomic mass is 35.5. The molecule has 7 heteroatoms. The van der Waals surface area contributed by atoms with Gasteiger partial charge in [0.05, 0.1) is 18.7 Å². The molecule has 0 fully saturated rings. The Morgan fingerprint density at radius 2 is 1.92 bits per heavy atom. The highest BCUT2D eigenvalue weighted by molar-refractivity contribution is 5.91. The summed E-state index contributed by atoms with van der Waals surface area (Å²) in [4.78, 5) is 11.9. The number of fused-ring (bicyclic) bond motifs is 1. The topological polar surface area (TPSA) is 50.4 Å². The van der Waals surface area contributed by atoms with Gasteiger partial charge in [0.1, 0.15) is 17.4 Å². The molecule has 2 aromatic rings. The predicted octanol–water partition coefficient (Wildman–Crippen LogP) is 3.44. The minimum atomic E-state index is -0.359. The Bertz CT molecular complexity index is 739. The second-order valence-corrected chi connectivity index (χ2v) is 5.59. The zero-order chi connectivity index (χ0) is 16.9. The molecular weight excluding hydrogens is 350 g/mol. The summed E-state index contributed by atoms with van der Waals surface area (Å²) in [6.45, 7) is 1.51. The molecule has 1 heterocycles. The van der Waals surface area contributed by atoms with Crippen molar-refractivity contribution < 1.29 is 18.3 Å². The summed E-state index contributed by atoms with van der Waals surface area (Å²) < 4.78 is 32.6. The Kier molecular flexibility index (Phi) is 6.73. The summed E-state index contributed by atoms with van der Waals surface area (Å²) in [5, 5.41) is 5.76. The van der Waals surface area contributed by atoms with E-state index in [2.05, 4.69) is 10.6 Å². The molecule has 1 aliphatic heterocycles.